The second kappa shape index (κ2) is 6.80. The highest BCUT2D eigenvalue weighted by molar-refractivity contribution is 5.20. The molecule has 1 aromatic rings. The molecule has 1 N–H and O–H groups in total. The van der Waals surface area contributed by atoms with E-state index in [2.05, 4.69) is 42.6 Å². The molecular weight excluding hydrogens is 206 g/mol. The van der Waals surface area contributed by atoms with Crippen LogP contribution in [0.3, 0.4) is 0 Å². The lowest BCUT2D eigenvalue weighted by Gasteiger charge is -2.30. The van der Waals surface area contributed by atoms with Gasteiger partial charge in [-0.3, -0.25) is 0 Å². The van der Waals surface area contributed by atoms with Crippen LogP contribution < -0.4 is 5.32 Å². The SMILES string of the molecule is CCCNCC(CC1CCC1)c1ccccc1. The molecule has 1 heteroatoms. The summed E-state index contributed by atoms with van der Waals surface area (Å²) in [6.07, 6.45) is 6.97. The minimum atomic E-state index is 0.716. The third-order valence-corrected chi connectivity index (χ3v) is 3.93. The van der Waals surface area contributed by atoms with E-state index in [0.29, 0.717) is 5.92 Å². The largest absolute Gasteiger partial charge is 0.316 e. The molecule has 1 aromatic carbocycles. The third-order valence-electron chi connectivity index (χ3n) is 3.93. The second-order valence-electron chi connectivity index (χ2n) is 5.34. The molecule has 0 aliphatic heterocycles. The molecule has 94 valence electrons. The lowest BCUT2D eigenvalue weighted by Crippen LogP contribution is -2.25. The summed E-state index contributed by atoms with van der Waals surface area (Å²) in [5, 5.41) is 3.59. The third kappa shape index (κ3) is 3.85. The Kier molecular flexibility index (Phi) is 5.06. The van der Waals surface area contributed by atoms with Crippen LogP contribution in [0.15, 0.2) is 30.3 Å². The van der Waals surface area contributed by atoms with E-state index in [-0.39, 0.29) is 0 Å². The maximum atomic E-state index is 3.59. The zero-order chi connectivity index (χ0) is 11.9. The lowest BCUT2D eigenvalue weighted by atomic mass is 9.77. The van der Waals surface area contributed by atoms with E-state index in [4.69, 9.17) is 0 Å². The van der Waals surface area contributed by atoms with Gasteiger partial charge in [0.25, 0.3) is 0 Å². The molecule has 1 fully saturated rings. The van der Waals surface area contributed by atoms with Crippen LogP contribution in [0.2, 0.25) is 0 Å². The first-order valence-corrected chi connectivity index (χ1v) is 7.15. The Morgan fingerprint density at radius 1 is 1.24 bits per heavy atom. The Bertz CT molecular complexity index is 303. The van der Waals surface area contributed by atoms with Crippen LogP contribution in [0.5, 0.6) is 0 Å². The predicted octanol–water partition coefficient (Wildman–Crippen LogP) is 3.96. The van der Waals surface area contributed by atoms with Crippen molar-refractivity contribution in [3.63, 3.8) is 0 Å². The van der Waals surface area contributed by atoms with Gasteiger partial charge in [-0.15, -0.1) is 0 Å². The summed E-state index contributed by atoms with van der Waals surface area (Å²) in [6, 6.07) is 11.0. The molecule has 17 heavy (non-hydrogen) atoms. The van der Waals surface area contributed by atoms with Gasteiger partial charge in [0.15, 0.2) is 0 Å². The average molecular weight is 231 g/mol. The molecule has 0 bridgehead atoms. The van der Waals surface area contributed by atoms with E-state index in [1.807, 2.05) is 0 Å². The van der Waals surface area contributed by atoms with Gasteiger partial charge in [-0.25, -0.2) is 0 Å². The van der Waals surface area contributed by atoms with Gasteiger partial charge >= 0.3 is 0 Å². The zero-order valence-electron chi connectivity index (χ0n) is 11.0. The van der Waals surface area contributed by atoms with Gasteiger partial charge in [-0.1, -0.05) is 56.5 Å². The smallest absolute Gasteiger partial charge is 0.00202 e. The summed E-state index contributed by atoms with van der Waals surface area (Å²) in [6.45, 7) is 4.53. The maximum absolute atomic E-state index is 3.59. The molecule has 0 amide bonds. The maximum Gasteiger partial charge on any atom is 0.00202 e. The Labute approximate surface area is 106 Å². The number of nitrogens with one attached hydrogen (secondary N) is 1. The van der Waals surface area contributed by atoms with E-state index < -0.39 is 0 Å². The molecule has 0 radical (unpaired) electrons. The number of rotatable bonds is 7. The number of hydrogen-bond donors (Lipinski definition) is 1. The Balaban J connectivity index is 1.91. The zero-order valence-corrected chi connectivity index (χ0v) is 11.0. The van der Waals surface area contributed by atoms with Gasteiger partial charge in [-0.05, 0) is 36.8 Å². The summed E-state index contributed by atoms with van der Waals surface area (Å²) in [7, 11) is 0. The molecule has 2 rings (SSSR count). The van der Waals surface area contributed by atoms with Gasteiger partial charge in [0.2, 0.25) is 0 Å². The molecule has 1 aliphatic rings. The highest BCUT2D eigenvalue weighted by Crippen LogP contribution is 2.35. The van der Waals surface area contributed by atoms with Crippen molar-refractivity contribution in [1.82, 2.24) is 5.32 Å². The summed E-state index contributed by atoms with van der Waals surface area (Å²) >= 11 is 0. The molecule has 1 aliphatic carbocycles. The quantitative estimate of drug-likeness (QED) is 0.700. The van der Waals surface area contributed by atoms with Crippen molar-refractivity contribution in [1.29, 1.82) is 0 Å². The van der Waals surface area contributed by atoms with Crippen LogP contribution in [-0.4, -0.2) is 13.1 Å². The summed E-state index contributed by atoms with van der Waals surface area (Å²) in [5.41, 5.74) is 1.52. The Hall–Kier alpha value is -0.820. The molecule has 0 heterocycles. The first-order valence-electron chi connectivity index (χ1n) is 7.15. The van der Waals surface area contributed by atoms with Gasteiger partial charge in [-0.2, -0.15) is 0 Å². The molecule has 0 spiro atoms. The normalized spacial score (nSPS) is 17.7. The van der Waals surface area contributed by atoms with Crippen molar-refractivity contribution in [2.75, 3.05) is 13.1 Å². The van der Waals surface area contributed by atoms with E-state index in [1.54, 1.807) is 0 Å². The van der Waals surface area contributed by atoms with Crippen LogP contribution in [-0.2, 0) is 0 Å². The van der Waals surface area contributed by atoms with Gasteiger partial charge in [0, 0.05) is 6.54 Å². The number of benzene rings is 1. The van der Waals surface area contributed by atoms with Crippen LogP contribution in [0.25, 0.3) is 0 Å². The standard InChI is InChI=1S/C16H25N/c1-2-11-17-13-16(12-14-7-6-8-14)15-9-4-3-5-10-15/h3-5,9-10,14,16-17H,2,6-8,11-13H2,1H3. The van der Waals surface area contributed by atoms with Crippen molar-refractivity contribution < 1.29 is 0 Å². The van der Waals surface area contributed by atoms with E-state index in [1.165, 1.54) is 37.7 Å². The average Bonchev–Trinajstić information content (AvgIpc) is 2.32. The van der Waals surface area contributed by atoms with Crippen LogP contribution in [0, 0.1) is 5.92 Å². The molecule has 1 atom stereocenters. The van der Waals surface area contributed by atoms with E-state index >= 15 is 0 Å². The van der Waals surface area contributed by atoms with Crippen molar-refractivity contribution in [2.24, 2.45) is 5.92 Å². The molecular formula is C16H25N. The van der Waals surface area contributed by atoms with Crippen molar-refractivity contribution in [3.8, 4) is 0 Å². The summed E-state index contributed by atoms with van der Waals surface area (Å²) < 4.78 is 0. The predicted molar refractivity (Wildman–Crippen MR) is 74.3 cm³/mol. The lowest BCUT2D eigenvalue weighted by molar-refractivity contribution is 0.273. The van der Waals surface area contributed by atoms with Crippen molar-refractivity contribution in [3.05, 3.63) is 35.9 Å². The monoisotopic (exact) mass is 231 g/mol. The van der Waals surface area contributed by atoms with Crippen molar-refractivity contribution in [2.45, 2.75) is 44.9 Å². The molecule has 1 nitrogen and oxygen atoms in total. The van der Waals surface area contributed by atoms with Gasteiger partial charge < -0.3 is 5.32 Å². The second-order valence-corrected chi connectivity index (χ2v) is 5.34. The molecule has 1 saturated carbocycles. The Morgan fingerprint density at radius 3 is 2.59 bits per heavy atom. The fourth-order valence-corrected chi connectivity index (χ4v) is 2.65. The summed E-state index contributed by atoms with van der Waals surface area (Å²) in [4.78, 5) is 0. The summed E-state index contributed by atoms with van der Waals surface area (Å²) in [5.74, 6) is 1.71. The minimum Gasteiger partial charge on any atom is -0.316 e. The minimum absolute atomic E-state index is 0.716. The highest BCUT2D eigenvalue weighted by atomic mass is 14.8. The van der Waals surface area contributed by atoms with Crippen LogP contribution in [0.4, 0.5) is 0 Å². The fraction of sp³-hybridized carbons (Fsp3) is 0.625. The molecule has 0 aromatic heterocycles. The van der Waals surface area contributed by atoms with Crippen molar-refractivity contribution >= 4 is 0 Å². The first-order chi connectivity index (χ1) is 8.40. The topological polar surface area (TPSA) is 12.0 Å². The molecule has 1 unspecified atom stereocenters. The number of hydrogen-bond acceptors (Lipinski definition) is 1. The fourth-order valence-electron chi connectivity index (χ4n) is 2.65. The Morgan fingerprint density at radius 2 is 2.00 bits per heavy atom. The van der Waals surface area contributed by atoms with E-state index in [0.717, 1.165) is 19.0 Å². The van der Waals surface area contributed by atoms with Crippen LogP contribution >= 0.6 is 0 Å². The van der Waals surface area contributed by atoms with Gasteiger partial charge in [0.05, 0.1) is 0 Å². The van der Waals surface area contributed by atoms with Gasteiger partial charge in [0.1, 0.15) is 0 Å². The highest BCUT2D eigenvalue weighted by Gasteiger charge is 2.22. The molecule has 0 saturated heterocycles. The van der Waals surface area contributed by atoms with Crippen LogP contribution in [0.1, 0.15) is 50.5 Å². The first kappa shape index (κ1) is 12.6. The van der Waals surface area contributed by atoms with E-state index in [9.17, 15) is 0 Å².